The molecular formula is C14H18N2O2. The lowest BCUT2D eigenvalue weighted by Gasteiger charge is -2.16. The summed E-state index contributed by atoms with van der Waals surface area (Å²) in [5.41, 5.74) is 1.56. The third-order valence-corrected chi connectivity index (χ3v) is 4.07. The molecule has 2 N–H and O–H groups in total. The summed E-state index contributed by atoms with van der Waals surface area (Å²) in [7, 11) is 0. The number of nitrogens with zero attached hydrogens (tertiary/aromatic N) is 1. The summed E-state index contributed by atoms with van der Waals surface area (Å²) in [6.45, 7) is 5.57. The molecule has 1 aromatic carbocycles. The van der Waals surface area contributed by atoms with Gasteiger partial charge in [-0.05, 0) is 42.6 Å². The highest BCUT2D eigenvalue weighted by Gasteiger charge is 2.35. The molecule has 18 heavy (non-hydrogen) atoms. The van der Waals surface area contributed by atoms with Crippen molar-refractivity contribution in [3.63, 3.8) is 0 Å². The van der Waals surface area contributed by atoms with Crippen molar-refractivity contribution in [2.24, 2.45) is 11.8 Å². The lowest BCUT2D eigenvalue weighted by Crippen LogP contribution is -2.25. The molecule has 2 aliphatic rings. The summed E-state index contributed by atoms with van der Waals surface area (Å²) < 4.78 is 0. The van der Waals surface area contributed by atoms with Gasteiger partial charge in [-0.2, -0.15) is 0 Å². The van der Waals surface area contributed by atoms with Crippen LogP contribution in [-0.4, -0.2) is 42.2 Å². The molecule has 2 atom stereocenters. The first-order chi connectivity index (χ1) is 8.72. The maximum atomic E-state index is 10.8. The van der Waals surface area contributed by atoms with E-state index in [1.807, 2.05) is 12.1 Å². The second-order valence-corrected chi connectivity index (χ2v) is 5.37. The minimum Gasteiger partial charge on any atom is -0.478 e. The van der Waals surface area contributed by atoms with Gasteiger partial charge in [0.25, 0.3) is 0 Å². The Morgan fingerprint density at radius 3 is 2.39 bits per heavy atom. The van der Waals surface area contributed by atoms with Crippen molar-refractivity contribution in [3.8, 4) is 0 Å². The van der Waals surface area contributed by atoms with Crippen LogP contribution in [0.25, 0.3) is 0 Å². The number of carboxylic acids is 1. The van der Waals surface area contributed by atoms with Crippen molar-refractivity contribution >= 4 is 5.97 Å². The number of rotatable bonds is 3. The number of carboxylic acid groups (broad SMARTS) is 1. The van der Waals surface area contributed by atoms with Gasteiger partial charge >= 0.3 is 5.97 Å². The van der Waals surface area contributed by atoms with Crippen molar-refractivity contribution in [3.05, 3.63) is 35.4 Å². The van der Waals surface area contributed by atoms with Crippen molar-refractivity contribution in [2.45, 2.75) is 6.54 Å². The Morgan fingerprint density at radius 2 is 1.83 bits per heavy atom. The zero-order valence-electron chi connectivity index (χ0n) is 10.3. The highest BCUT2D eigenvalue weighted by Crippen LogP contribution is 2.27. The SMILES string of the molecule is O=C(O)c1ccc(CN2CC3CNCC3C2)cc1. The Hall–Kier alpha value is -1.39. The molecule has 0 aromatic heterocycles. The second-order valence-electron chi connectivity index (χ2n) is 5.37. The van der Waals surface area contributed by atoms with Crippen LogP contribution in [0.5, 0.6) is 0 Å². The van der Waals surface area contributed by atoms with E-state index in [9.17, 15) is 4.79 Å². The first kappa shape index (κ1) is 11.7. The van der Waals surface area contributed by atoms with E-state index in [1.54, 1.807) is 12.1 Å². The highest BCUT2D eigenvalue weighted by molar-refractivity contribution is 5.87. The quantitative estimate of drug-likeness (QED) is 0.836. The van der Waals surface area contributed by atoms with E-state index in [1.165, 1.54) is 18.7 Å². The molecule has 0 saturated carbocycles. The van der Waals surface area contributed by atoms with Gasteiger partial charge in [-0.15, -0.1) is 0 Å². The van der Waals surface area contributed by atoms with E-state index in [0.717, 1.165) is 31.5 Å². The second kappa shape index (κ2) is 4.71. The molecule has 4 heteroatoms. The van der Waals surface area contributed by atoms with E-state index >= 15 is 0 Å². The summed E-state index contributed by atoms with van der Waals surface area (Å²) in [5, 5.41) is 12.3. The van der Waals surface area contributed by atoms with E-state index in [4.69, 9.17) is 5.11 Å². The van der Waals surface area contributed by atoms with Gasteiger partial charge in [0.1, 0.15) is 0 Å². The van der Waals surface area contributed by atoms with Crippen molar-refractivity contribution in [1.29, 1.82) is 0 Å². The van der Waals surface area contributed by atoms with Gasteiger partial charge in [0.15, 0.2) is 0 Å². The number of likely N-dealkylation sites (tertiary alicyclic amines) is 1. The van der Waals surface area contributed by atoms with Gasteiger partial charge < -0.3 is 10.4 Å². The standard InChI is InChI=1S/C14H18N2O2/c17-14(18)11-3-1-10(2-4-11)7-16-8-12-5-15-6-13(12)9-16/h1-4,12-13,15H,5-9H2,(H,17,18). The number of hydrogen-bond donors (Lipinski definition) is 2. The number of aromatic carboxylic acids is 1. The highest BCUT2D eigenvalue weighted by atomic mass is 16.4. The minimum atomic E-state index is -0.858. The molecule has 0 bridgehead atoms. The van der Waals surface area contributed by atoms with Crippen LogP contribution in [0, 0.1) is 11.8 Å². The summed E-state index contributed by atoms with van der Waals surface area (Å²) >= 11 is 0. The third kappa shape index (κ3) is 2.26. The molecule has 4 nitrogen and oxygen atoms in total. The number of benzene rings is 1. The van der Waals surface area contributed by atoms with Gasteiger partial charge in [-0.1, -0.05) is 12.1 Å². The summed E-state index contributed by atoms with van der Waals surface area (Å²) in [4.78, 5) is 13.2. The molecule has 2 aliphatic heterocycles. The topological polar surface area (TPSA) is 52.6 Å². The molecule has 3 rings (SSSR count). The molecular weight excluding hydrogens is 228 g/mol. The maximum absolute atomic E-state index is 10.8. The van der Waals surface area contributed by atoms with Gasteiger partial charge in [0.05, 0.1) is 5.56 Å². The normalized spacial score (nSPS) is 27.3. The average molecular weight is 246 g/mol. The number of fused-ring (bicyclic) bond motifs is 1. The molecule has 0 spiro atoms. The van der Waals surface area contributed by atoms with E-state index in [-0.39, 0.29) is 0 Å². The Kier molecular flexibility index (Phi) is 3.06. The Balaban J connectivity index is 1.61. The third-order valence-electron chi connectivity index (χ3n) is 4.07. The lowest BCUT2D eigenvalue weighted by molar-refractivity contribution is 0.0697. The van der Waals surface area contributed by atoms with Crippen molar-refractivity contribution in [2.75, 3.05) is 26.2 Å². The van der Waals surface area contributed by atoms with Crippen molar-refractivity contribution < 1.29 is 9.90 Å². The smallest absolute Gasteiger partial charge is 0.335 e. The zero-order valence-corrected chi connectivity index (χ0v) is 10.3. The predicted molar refractivity (Wildman–Crippen MR) is 68.5 cm³/mol. The van der Waals surface area contributed by atoms with Crippen LogP contribution in [0.4, 0.5) is 0 Å². The van der Waals surface area contributed by atoms with Gasteiger partial charge in [-0.25, -0.2) is 4.79 Å². The fourth-order valence-electron chi connectivity index (χ4n) is 3.09. The number of nitrogens with one attached hydrogen (secondary N) is 1. The van der Waals surface area contributed by atoms with Crippen LogP contribution in [0.1, 0.15) is 15.9 Å². The van der Waals surface area contributed by atoms with Crippen molar-refractivity contribution in [1.82, 2.24) is 10.2 Å². The average Bonchev–Trinajstić information content (AvgIpc) is 2.90. The molecule has 2 heterocycles. The summed E-state index contributed by atoms with van der Waals surface area (Å²) in [5.74, 6) is 0.759. The Bertz CT molecular complexity index is 432. The fourth-order valence-corrected chi connectivity index (χ4v) is 3.09. The first-order valence-corrected chi connectivity index (χ1v) is 6.47. The Labute approximate surface area is 107 Å². The summed E-state index contributed by atoms with van der Waals surface area (Å²) in [6, 6.07) is 7.23. The van der Waals surface area contributed by atoms with E-state index in [2.05, 4.69) is 10.2 Å². The van der Waals surface area contributed by atoms with E-state index in [0.29, 0.717) is 5.56 Å². The molecule has 0 aliphatic carbocycles. The number of carbonyl (C=O) groups is 1. The first-order valence-electron chi connectivity index (χ1n) is 6.47. The van der Waals surface area contributed by atoms with Gasteiger partial charge in [0, 0.05) is 19.6 Å². The monoisotopic (exact) mass is 246 g/mol. The predicted octanol–water partition coefficient (Wildman–Crippen LogP) is 1.04. The largest absolute Gasteiger partial charge is 0.478 e. The zero-order chi connectivity index (χ0) is 12.5. The van der Waals surface area contributed by atoms with Crippen LogP contribution in [0.15, 0.2) is 24.3 Å². The van der Waals surface area contributed by atoms with Gasteiger partial charge in [-0.3, -0.25) is 4.90 Å². The van der Waals surface area contributed by atoms with Crippen LogP contribution in [0.2, 0.25) is 0 Å². The Morgan fingerprint density at radius 1 is 1.22 bits per heavy atom. The number of hydrogen-bond acceptors (Lipinski definition) is 3. The molecule has 96 valence electrons. The van der Waals surface area contributed by atoms with Crippen LogP contribution < -0.4 is 5.32 Å². The molecule has 0 amide bonds. The van der Waals surface area contributed by atoms with Crippen LogP contribution >= 0.6 is 0 Å². The molecule has 2 saturated heterocycles. The van der Waals surface area contributed by atoms with Gasteiger partial charge in [0.2, 0.25) is 0 Å². The maximum Gasteiger partial charge on any atom is 0.335 e. The van der Waals surface area contributed by atoms with Crippen LogP contribution in [0.3, 0.4) is 0 Å². The molecule has 2 unspecified atom stereocenters. The molecule has 2 fully saturated rings. The minimum absolute atomic E-state index is 0.362. The van der Waals surface area contributed by atoms with Crippen LogP contribution in [-0.2, 0) is 6.54 Å². The summed E-state index contributed by atoms with van der Waals surface area (Å²) in [6.07, 6.45) is 0. The van der Waals surface area contributed by atoms with E-state index < -0.39 is 5.97 Å². The lowest BCUT2D eigenvalue weighted by atomic mass is 10.0. The molecule has 0 radical (unpaired) electrons. The molecule has 1 aromatic rings. The fraction of sp³-hybridized carbons (Fsp3) is 0.500.